The number of hydrogen-bond donors (Lipinski definition) is 1. The largest absolute Gasteiger partial charge is 0.358 e. The van der Waals surface area contributed by atoms with E-state index >= 15 is 0 Å². The van der Waals surface area contributed by atoms with Crippen molar-refractivity contribution in [1.82, 2.24) is 4.98 Å². The smallest absolute Gasteiger partial charge is 0.231 e. The van der Waals surface area contributed by atoms with E-state index in [1.54, 1.807) is 11.9 Å². The summed E-state index contributed by atoms with van der Waals surface area (Å²) >= 11 is 0. The van der Waals surface area contributed by atoms with Crippen LogP contribution in [0.15, 0.2) is 24.3 Å². The first kappa shape index (κ1) is 11.5. The summed E-state index contributed by atoms with van der Waals surface area (Å²) in [5.41, 5.74) is 5.45. The molecule has 0 spiro atoms. The maximum absolute atomic E-state index is 11.7. The zero-order valence-corrected chi connectivity index (χ0v) is 10.8. The third-order valence-corrected chi connectivity index (χ3v) is 3.60. The fourth-order valence-corrected chi connectivity index (χ4v) is 2.47. The van der Waals surface area contributed by atoms with Crippen LogP contribution in [0, 0.1) is 18.3 Å². The molecule has 1 aromatic heterocycles. The number of likely N-dealkylation sites (N-methyl/N-ethyl adjacent to an activating group) is 1. The number of aryl methyl sites for hydroxylation is 1. The number of hydrogen-bond acceptors (Lipinski definition) is 2. The Bertz CT molecular complexity index is 721. The highest BCUT2D eigenvalue weighted by atomic mass is 16.2. The van der Waals surface area contributed by atoms with E-state index in [9.17, 15) is 4.79 Å². The third kappa shape index (κ3) is 1.71. The van der Waals surface area contributed by atoms with Crippen molar-refractivity contribution in [2.45, 2.75) is 13.3 Å². The summed E-state index contributed by atoms with van der Waals surface area (Å²) in [5.74, 6) is 0.118. The molecule has 0 saturated carbocycles. The van der Waals surface area contributed by atoms with Crippen LogP contribution in [0.1, 0.15) is 16.8 Å². The summed E-state index contributed by atoms with van der Waals surface area (Å²) in [6.45, 7) is 1.88. The molecule has 3 rings (SSSR count). The van der Waals surface area contributed by atoms with Crippen LogP contribution in [0.5, 0.6) is 0 Å². The molecule has 1 N–H and O–H groups in total. The van der Waals surface area contributed by atoms with Crippen LogP contribution in [0.25, 0.3) is 11.3 Å². The second-order valence-electron chi connectivity index (χ2n) is 4.81. The molecule has 4 nitrogen and oxygen atoms in total. The lowest BCUT2D eigenvalue weighted by molar-refractivity contribution is -0.117. The number of nitrogens with zero attached hydrogens (tertiary/aromatic N) is 2. The molecule has 0 fully saturated rings. The first-order chi connectivity index (χ1) is 9.10. The number of carbonyl (C=O) groups is 1. The average molecular weight is 251 g/mol. The lowest BCUT2D eigenvalue weighted by Gasteiger charge is -2.10. The van der Waals surface area contributed by atoms with Crippen LogP contribution in [0.2, 0.25) is 0 Å². The summed E-state index contributed by atoms with van der Waals surface area (Å²) in [6, 6.07) is 9.95. The van der Waals surface area contributed by atoms with Crippen molar-refractivity contribution in [3.05, 3.63) is 41.1 Å². The van der Waals surface area contributed by atoms with E-state index in [0.717, 1.165) is 28.2 Å². The van der Waals surface area contributed by atoms with Gasteiger partial charge in [0.25, 0.3) is 0 Å². The first-order valence-corrected chi connectivity index (χ1v) is 6.09. The molecule has 0 unspecified atom stereocenters. The van der Waals surface area contributed by atoms with Gasteiger partial charge in [0.15, 0.2) is 0 Å². The summed E-state index contributed by atoms with van der Waals surface area (Å²) in [7, 11) is 1.79. The topological polar surface area (TPSA) is 59.9 Å². The van der Waals surface area contributed by atoms with E-state index in [-0.39, 0.29) is 5.91 Å². The second kappa shape index (κ2) is 3.99. The van der Waals surface area contributed by atoms with Crippen molar-refractivity contribution in [1.29, 1.82) is 5.26 Å². The number of H-pyrrole nitrogens is 1. The second-order valence-corrected chi connectivity index (χ2v) is 4.81. The molecule has 0 aliphatic carbocycles. The van der Waals surface area contributed by atoms with Gasteiger partial charge in [-0.2, -0.15) is 5.26 Å². The summed E-state index contributed by atoms with van der Waals surface area (Å²) in [4.78, 5) is 16.5. The number of carbonyl (C=O) groups excluding carboxylic acids is 1. The fourth-order valence-electron chi connectivity index (χ4n) is 2.47. The molecule has 4 heteroatoms. The number of fused-ring (bicyclic) bond motifs is 1. The van der Waals surface area contributed by atoms with Gasteiger partial charge in [-0.05, 0) is 36.2 Å². The predicted octanol–water partition coefficient (Wildman–Crippen LogP) is 2.38. The van der Waals surface area contributed by atoms with Crippen molar-refractivity contribution in [2.75, 3.05) is 11.9 Å². The van der Waals surface area contributed by atoms with Crippen LogP contribution in [0.3, 0.4) is 0 Å². The molecule has 1 aliphatic heterocycles. The van der Waals surface area contributed by atoms with Crippen LogP contribution >= 0.6 is 0 Å². The molecule has 0 radical (unpaired) electrons. The highest BCUT2D eigenvalue weighted by Crippen LogP contribution is 2.32. The monoisotopic (exact) mass is 251 g/mol. The zero-order chi connectivity index (χ0) is 13.6. The zero-order valence-electron chi connectivity index (χ0n) is 10.8. The fraction of sp³-hybridized carbons (Fsp3) is 0.200. The Hall–Kier alpha value is -2.54. The summed E-state index contributed by atoms with van der Waals surface area (Å²) in [5, 5.41) is 8.98. The standard InChI is InChI=1S/C15H13N3O/c1-9-12(8-16)6-13(17-9)10-3-4-14-11(5-10)7-15(19)18(14)2/h3-6,17H,7H2,1-2H3. The number of aromatic nitrogens is 1. The lowest BCUT2D eigenvalue weighted by Crippen LogP contribution is -2.20. The van der Waals surface area contributed by atoms with Gasteiger partial charge in [0, 0.05) is 24.1 Å². The Morgan fingerprint density at radius 1 is 1.37 bits per heavy atom. The Morgan fingerprint density at radius 2 is 2.16 bits per heavy atom. The summed E-state index contributed by atoms with van der Waals surface area (Å²) in [6.07, 6.45) is 0.449. The SMILES string of the molecule is Cc1[nH]c(-c2ccc3c(c2)CC(=O)N3C)cc1C#N. The number of benzene rings is 1. The van der Waals surface area contributed by atoms with E-state index in [1.807, 2.05) is 31.2 Å². The molecule has 1 amide bonds. The summed E-state index contributed by atoms with van der Waals surface area (Å²) < 4.78 is 0. The molecular weight excluding hydrogens is 238 g/mol. The Balaban J connectivity index is 2.06. The molecule has 94 valence electrons. The highest BCUT2D eigenvalue weighted by molar-refractivity contribution is 6.01. The third-order valence-electron chi connectivity index (χ3n) is 3.60. The first-order valence-electron chi connectivity index (χ1n) is 6.09. The van der Waals surface area contributed by atoms with Crippen LogP contribution in [-0.2, 0) is 11.2 Å². The molecule has 0 saturated heterocycles. The minimum absolute atomic E-state index is 0.118. The van der Waals surface area contributed by atoms with Gasteiger partial charge in [0.1, 0.15) is 6.07 Å². The van der Waals surface area contributed by atoms with Gasteiger partial charge in [0.2, 0.25) is 5.91 Å². The van der Waals surface area contributed by atoms with Gasteiger partial charge in [-0.3, -0.25) is 4.79 Å². The van der Waals surface area contributed by atoms with Gasteiger partial charge in [-0.25, -0.2) is 0 Å². The van der Waals surface area contributed by atoms with Crippen LogP contribution in [0.4, 0.5) is 5.69 Å². The molecule has 1 aromatic carbocycles. The van der Waals surface area contributed by atoms with Gasteiger partial charge in [-0.15, -0.1) is 0 Å². The normalized spacial score (nSPS) is 13.5. The molecule has 2 heterocycles. The minimum atomic E-state index is 0.118. The van der Waals surface area contributed by atoms with Gasteiger partial charge in [-0.1, -0.05) is 6.07 Å². The predicted molar refractivity (Wildman–Crippen MR) is 72.8 cm³/mol. The number of nitrogens with one attached hydrogen (secondary N) is 1. The highest BCUT2D eigenvalue weighted by Gasteiger charge is 2.24. The van der Waals surface area contributed by atoms with E-state index < -0.39 is 0 Å². The lowest BCUT2D eigenvalue weighted by atomic mass is 10.1. The van der Waals surface area contributed by atoms with Crippen molar-refractivity contribution in [3.8, 4) is 17.3 Å². The van der Waals surface area contributed by atoms with Gasteiger partial charge < -0.3 is 9.88 Å². The van der Waals surface area contributed by atoms with E-state index in [1.165, 1.54) is 0 Å². The van der Waals surface area contributed by atoms with E-state index in [2.05, 4.69) is 11.1 Å². The Kier molecular flexibility index (Phi) is 2.42. The number of rotatable bonds is 1. The molecule has 1 aliphatic rings. The van der Waals surface area contributed by atoms with E-state index in [0.29, 0.717) is 12.0 Å². The number of nitriles is 1. The average Bonchev–Trinajstić information content (AvgIpc) is 2.91. The number of aromatic amines is 1. The molecular formula is C15H13N3O. The van der Waals surface area contributed by atoms with Crippen molar-refractivity contribution >= 4 is 11.6 Å². The van der Waals surface area contributed by atoms with Crippen molar-refractivity contribution in [2.24, 2.45) is 0 Å². The maximum Gasteiger partial charge on any atom is 0.231 e. The molecule has 2 aromatic rings. The Labute approximate surface area is 111 Å². The molecule has 0 bridgehead atoms. The number of amides is 1. The quantitative estimate of drug-likeness (QED) is 0.845. The van der Waals surface area contributed by atoms with Crippen molar-refractivity contribution < 1.29 is 4.79 Å². The van der Waals surface area contributed by atoms with E-state index in [4.69, 9.17) is 5.26 Å². The van der Waals surface area contributed by atoms with Crippen LogP contribution in [-0.4, -0.2) is 17.9 Å². The minimum Gasteiger partial charge on any atom is -0.358 e. The maximum atomic E-state index is 11.7. The van der Waals surface area contributed by atoms with Crippen molar-refractivity contribution in [3.63, 3.8) is 0 Å². The number of anilines is 1. The molecule has 19 heavy (non-hydrogen) atoms. The molecule has 0 atom stereocenters. The van der Waals surface area contributed by atoms with Crippen LogP contribution < -0.4 is 4.90 Å². The van der Waals surface area contributed by atoms with Gasteiger partial charge in [0.05, 0.1) is 12.0 Å². The Morgan fingerprint density at radius 3 is 2.84 bits per heavy atom. The van der Waals surface area contributed by atoms with Gasteiger partial charge >= 0.3 is 0 Å².